The molecule has 0 bridgehead atoms. The van der Waals surface area contributed by atoms with Crippen LogP contribution in [-0.2, 0) is 0 Å². The molecule has 30 aromatic rings. The maximum Gasteiger partial charge on any atom is 0.136 e. The first-order valence-electron chi connectivity index (χ1n) is 61.5. The van der Waals surface area contributed by atoms with Crippen LogP contribution in [0.5, 0.6) is 0 Å². The Balaban J connectivity index is 0.000000119. The third-order valence-electron chi connectivity index (χ3n) is 27.4. The molecule has 0 aliphatic carbocycles. The molecule has 0 spiro atoms. The van der Waals surface area contributed by atoms with Crippen LogP contribution in [0, 0.1) is 0 Å². The predicted molar refractivity (Wildman–Crippen MR) is 600 cm³/mol. The van der Waals surface area contributed by atoms with Crippen molar-refractivity contribution in [1.29, 1.82) is 0 Å². The SMILES string of the molecule is [2H]c1c([2H])c([2H])c2c(-c3c4c([2H])c([2H])c([2H])c([2H])c4c(-c4ccc(-c5ccc6c(c5)oc5ccc7ccccc7c56)cc4)c4c([2H])c([2H])c([2H])c([2H])c34)c([2H])c([2H])c([2H])c2c1[2H].[2H]c1c([2H])c([2H])c2c(-c3ccc4ccccc4c3)c3c([2H])c([2H])c([2H])c([2H])c3c(-c3ccc(-c4ccc5c(c4)oc4ccc6ccccc6c45)cc3)c2c1[2H].[2H]c1c([2H])c([2H])c2c(-c3cccc4ccccc34)c3c([2H])c([2H])c([2H])c([2H])c3c(-c3ccc(-c4ccc5c(c4)oc4ccc6ccccc6c45)cc3)c2c1[2H]. The molecule has 0 N–H and O–H groups in total. The molecule has 0 amide bonds. The maximum absolute atomic E-state index is 9.33. The lowest BCUT2D eigenvalue weighted by atomic mass is 9.84. The smallest absolute Gasteiger partial charge is 0.136 e. The molecule has 27 aromatic carbocycles. The Bertz CT molecular complexity index is 12200. The Kier molecular flexibility index (Phi) is 13.1. The summed E-state index contributed by atoms with van der Waals surface area (Å²) in [6, 6.07) is 87.6. The Morgan fingerprint density at radius 1 is 0.128 bits per heavy atom. The summed E-state index contributed by atoms with van der Waals surface area (Å²) < 4.78 is 297. The summed E-state index contributed by atoms with van der Waals surface area (Å²) in [5, 5.41) is 16.0. The Morgan fingerprint density at radius 2 is 0.390 bits per heavy atom. The zero-order valence-electron chi connectivity index (χ0n) is 105. The van der Waals surface area contributed by atoms with Gasteiger partial charge in [0.2, 0.25) is 0 Å². The lowest BCUT2D eigenvalue weighted by Crippen LogP contribution is -1.91. The molecule has 3 heterocycles. The highest BCUT2D eigenvalue weighted by Crippen LogP contribution is 2.52. The molecule has 0 aliphatic rings. The summed E-state index contributed by atoms with van der Waals surface area (Å²) in [6.45, 7) is 0. The zero-order chi connectivity index (χ0) is 120. The van der Waals surface area contributed by atoms with Crippen molar-refractivity contribution < 1.29 is 55.7 Å². The van der Waals surface area contributed by atoms with E-state index in [0.717, 1.165) is 147 Å². The maximum atomic E-state index is 9.33. The fraction of sp³-hybridized carbons (Fsp3) is 0. The summed E-state index contributed by atoms with van der Waals surface area (Å²) in [7, 11) is 0. The summed E-state index contributed by atoms with van der Waals surface area (Å²) in [4.78, 5) is 0. The van der Waals surface area contributed by atoms with Crippen molar-refractivity contribution in [2.45, 2.75) is 0 Å². The van der Waals surface area contributed by atoms with Crippen molar-refractivity contribution in [3.63, 3.8) is 0 Å². The van der Waals surface area contributed by atoms with Crippen LogP contribution in [0.15, 0.2) is 522 Å². The van der Waals surface area contributed by atoms with Crippen LogP contribution in [0.1, 0.15) is 42.5 Å². The van der Waals surface area contributed by atoms with Gasteiger partial charge in [-0.05, 0) is 290 Å². The fourth-order valence-corrected chi connectivity index (χ4v) is 21.0. The Hall–Kier alpha value is -18.5. The molecule has 0 radical (unpaired) electrons. The lowest BCUT2D eigenvalue weighted by molar-refractivity contribution is 0.669. The molecular formula is C138H84O3. The average Bonchev–Trinajstić information content (AvgIpc) is 0.823. The lowest BCUT2D eigenvalue weighted by Gasteiger charge is -2.19. The van der Waals surface area contributed by atoms with E-state index < -0.39 is 155 Å². The predicted octanol–water partition coefficient (Wildman–Crippen LogP) is 39.6. The highest BCUT2D eigenvalue weighted by atomic mass is 16.3. The molecule has 0 unspecified atom stereocenters. The molecule has 30 rings (SSSR count). The Morgan fingerprint density at radius 3 is 0.766 bits per heavy atom. The van der Waals surface area contributed by atoms with E-state index in [1.807, 2.05) is 243 Å². The first-order valence-corrected chi connectivity index (χ1v) is 46.0. The van der Waals surface area contributed by atoms with E-state index in [1.165, 1.54) is 0 Å². The minimum atomic E-state index is -0.755. The van der Waals surface area contributed by atoms with Crippen molar-refractivity contribution in [2.24, 2.45) is 0 Å². The van der Waals surface area contributed by atoms with Crippen molar-refractivity contribution in [3.8, 4) is 100 Å². The van der Waals surface area contributed by atoms with E-state index >= 15 is 0 Å². The van der Waals surface area contributed by atoms with Crippen molar-refractivity contribution >= 4 is 195 Å². The van der Waals surface area contributed by atoms with Gasteiger partial charge in [-0.2, -0.15) is 0 Å². The number of benzene rings is 27. The molecule has 3 nitrogen and oxygen atoms in total. The average molecular weight is 1820 g/mol. The second kappa shape index (κ2) is 33.2. The van der Waals surface area contributed by atoms with E-state index in [0.29, 0.717) is 55.7 Å². The first kappa shape index (κ1) is 55.5. The second-order valence-electron chi connectivity index (χ2n) is 35.0. The molecule has 0 aliphatic heterocycles. The van der Waals surface area contributed by atoms with Crippen molar-refractivity contribution in [2.75, 3.05) is 0 Å². The van der Waals surface area contributed by atoms with Crippen LogP contribution in [0.2, 0.25) is 0 Å². The van der Waals surface area contributed by atoms with Gasteiger partial charge in [0.05, 0.1) is 42.5 Å². The molecule has 0 saturated heterocycles. The highest BCUT2D eigenvalue weighted by molar-refractivity contribution is 6.29. The number of furan rings is 3. The molecular weight excluding hydrogens is 1710 g/mol. The Labute approximate surface area is 855 Å². The molecule has 3 aromatic heterocycles. The molecule has 654 valence electrons. The van der Waals surface area contributed by atoms with Gasteiger partial charge in [-0.15, -0.1) is 0 Å². The van der Waals surface area contributed by atoms with E-state index in [-0.39, 0.29) is 124 Å². The van der Waals surface area contributed by atoms with Gasteiger partial charge in [0, 0.05) is 32.3 Å². The van der Waals surface area contributed by atoms with Crippen LogP contribution in [-0.4, -0.2) is 0 Å². The summed E-state index contributed by atoms with van der Waals surface area (Å²) in [5.74, 6) is 0. The fourth-order valence-electron chi connectivity index (χ4n) is 21.0. The minimum absolute atomic E-state index is 0.0323. The molecule has 0 atom stereocenters. The van der Waals surface area contributed by atoms with Crippen LogP contribution in [0.25, 0.3) is 295 Å². The largest absolute Gasteiger partial charge is 0.456 e. The third kappa shape index (κ3) is 13.5. The number of hydrogen-bond acceptors (Lipinski definition) is 3. The standard InChI is InChI=1S/3C46H28O/c2*1-3-13-34-30(10-1)12-9-19-36(34)45-39-17-7-5-15-37(39)44(38-16-6-8-18-40(38)45)32-22-20-29(21-23-32)33-24-26-41-43(28-33)47-42-27-25-31-11-2-4-14-35(31)46(41)42;1-2-11-33-27-35(22-19-29(33)9-1)45-39-15-7-5-13-37(39)44(38-14-6-8-16-40(38)45)32-20-17-30(18-21-32)34-23-25-41-43(28-34)47-42-26-24-31-10-3-4-12-36(31)46(41)42/h3*1-28H/i1D,3D,5D,6D,7D,8D,9D,10D,12D,13D,15D,16D,17D,18D,19D;5D,6D,7D,8D,15D,16D,17D,18D;5D,6D,7D,8D,13D,14D,15D,16D. The first-order chi connectivity index (χ1) is 82.8. The monoisotopic (exact) mass is 1820 g/mol. The summed E-state index contributed by atoms with van der Waals surface area (Å²) in [5.41, 5.74) is 12.8. The van der Waals surface area contributed by atoms with E-state index in [9.17, 15) is 17.8 Å². The van der Waals surface area contributed by atoms with Crippen LogP contribution >= 0.6 is 0 Å². The molecule has 0 fully saturated rings. The van der Waals surface area contributed by atoms with Crippen molar-refractivity contribution in [1.82, 2.24) is 0 Å². The quantitative estimate of drug-likeness (QED) is 0.135. The van der Waals surface area contributed by atoms with E-state index in [1.54, 1.807) is 24.3 Å². The zero-order valence-corrected chi connectivity index (χ0v) is 74.3. The number of hydrogen-bond donors (Lipinski definition) is 0. The topological polar surface area (TPSA) is 39.4 Å². The van der Waals surface area contributed by atoms with Gasteiger partial charge in [-0.25, -0.2) is 0 Å². The number of fused-ring (bicyclic) bond motifs is 24. The van der Waals surface area contributed by atoms with Crippen LogP contribution in [0.4, 0.5) is 0 Å². The van der Waals surface area contributed by atoms with Crippen LogP contribution in [0.3, 0.4) is 0 Å². The van der Waals surface area contributed by atoms with Gasteiger partial charge in [0.15, 0.2) is 0 Å². The van der Waals surface area contributed by atoms with Crippen molar-refractivity contribution in [3.05, 3.63) is 509 Å². The molecule has 141 heavy (non-hydrogen) atoms. The van der Waals surface area contributed by atoms with Gasteiger partial charge >= 0.3 is 0 Å². The van der Waals surface area contributed by atoms with Gasteiger partial charge in [-0.1, -0.05) is 448 Å². The second-order valence-corrected chi connectivity index (χ2v) is 35.0. The van der Waals surface area contributed by atoms with Gasteiger partial charge < -0.3 is 13.3 Å². The minimum Gasteiger partial charge on any atom is -0.456 e. The molecule has 3 heteroatoms. The van der Waals surface area contributed by atoms with Gasteiger partial charge in [-0.3, -0.25) is 0 Å². The van der Waals surface area contributed by atoms with E-state index in [2.05, 4.69) is 54.6 Å². The number of rotatable bonds is 9. The summed E-state index contributed by atoms with van der Waals surface area (Å²) >= 11 is 0. The summed E-state index contributed by atoms with van der Waals surface area (Å²) in [6.07, 6.45) is 0. The van der Waals surface area contributed by atoms with Gasteiger partial charge in [0.25, 0.3) is 0 Å². The van der Waals surface area contributed by atoms with Gasteiger partial charge in [0.1, 0.15) is 33.5 Å². The normalized spacial score (nSPS) is 14.9. The van der Waals surface area contributed by atoms with E-state index in [4.69, 9.17) is 37.9 Å². The molecule has 0 saturated carbocycles. The van der Waals surface area contributed by atoms with Crippen LogP contribution < -0.4 is 0 Å². The third-order valence-corrected chi connectivity index (χ3v) is 27.4. The highest BCUT2D eigenvalue weighted by Gasteiger charge is 2.25.